The van der Waals surface area contributed by atoms with Gasteiger partial charge in [-0.15, -0.1) is 0 Å². The minimum absolute atomic E-state index is 0.00464. The van der Waals surface area contributed by atoms with Gasteiger partial charge in [0.05, 0.1) is 6.61 Å². The molecular weight excluding hydrogens is 258 g/mol. The maximum atomic E-state index is 11.8. The zero-order chi connectivity index (χ0) is 15.1. The van der Waals surface area contributed by atoms with Crippen LogP contribution in [0.3, 0.4) is 0 Å². The maximum Gasteiger partial charge on any atom is 0.260 e. The Morgan fingerprint density at radius 3 is 2.60 bits per heavy atom. The van der Waals surface area contributed by atoms with Gasteiger partial charge in [-0.3, -0.25) is 9.59 Å². The number of nitrogens with one attached hydrogen (secondary N) is 1. The number of aryl methyl sites for hydroxylation is 1. The Morgan fingerprint density at radius 2 is 2.05 bits per heavy atom. The molecule has 0 aliphatic heterocycles. The van der Waals surface area contributed by atoms with E-state index in [2.05, 4.69) is 5.32 Å². The average Bonchev–Trinajstić information content (AvgIpc) is 2.40. The number of methoxy groups -OCH3 is 1. The van der Waals surface area contributed by atoms with Gasteiger partial charge in [-0.05, 0) is 44.5 Å². The lowest BCUT2D eigenvalue weighted by Crippen LogP contribution is -2.38. The molecule has 110 valence electrons. The molecule has 1 atom stereocenters. The fourth-order valence-corrected chi connectivity index (χ4v) is 1.66. The van der Waals surface area contributed by atoms with Gasteiger partial charge in [0.2, 0.25) is 0 Å². The second kappa shape index (κ2) is 7.65. The van der Waals surface area contributed by atoms with Crippen LogP contribution in [0.15, 0.2) is 18.2 Å². The molecule has 0 fully saturated rings. The normalized spacial score (nSPS) is 11.8. The fourth-order valence-electron chi connectivity index (χ4n) is 1.66. The molecule has 20 heavy (non-hydrogen) atoms. The van der Waals surface area contributed by atoms with E-state index in [1.807, 2.05) is 6.92 Å². The Balaban J connectivity index is 2.63. The molecule has 1 aromatic rings. The zero-order valence-corrected chi connectivity index (χ0v) is 12.4. The first-order valence-electron chi connectivity index (χ1n) is 6.50. The summed E-state index contributed by atoms with van der Waals surface area (Å²) in [6.45, 7) is 5.95. The van der Waals surface area contributed by atoms with E-state index in [1.165, 1.54) is 6.92 Å². The SMILES string of the molecule is COCCNC(=O)C(C)Oc1ccc(C(C)=O)cc1C. The lowest BCUT2D eigenvalue weighted by atomic mass is 10.1. The van der Waals surface area contributed by atoms with Crippen molar-refractivity contribution in [3.05, 3.63) is 29.3 Å². The Hall–Kier alpha value is -1.88. The van der Waals surface area contributed by atoms with Crippen LogP contribution >= 0.6 is 0 Å². The fraction of sp³-hybridized carbons (Fsp3) is 0.467. The highest BCUT2D eigenvalue weighted by atomic mass is 16.5. The summed E-state index contributed by atoms with van der Waals surface area (Å²) in [7, 11) is 1.58. The Bertz CT molecular complexity index is 485. The zero-order valence-electron chi connectivity index (χ0n) is 12.4. The predicted octanol–water partition coefficient (Wildman–Crippen LogP) is 1.73. The van der Waals surface area contributed by atoms with E-state index < -0.39 is 6.10 Å². The largest absolute Gasteiger partial charge is 0.481 e. The van der Waals surface area contributed by atoms with Gasteiger partial charge in [-0.1, -0.05) is 0 Å². The molecule has 0 radical (unpaired) electrons. The van der Waals surface area contributed by atoms with Crippen molar-refractivity contribution in [3.8, 4) is 5.75 Å². The number of hydrogen-bond donors (Lipinski definition) is 1. The molecule has 0 aliphatic rings. The topological polar surface area (TPSA) is 64.6 Å². The molecule has 5 nitrogen and oxygen atoms in total. The van der Waals surface area contributed by atoms with Crippen LogP contribution in [0, 0.1) is 6.92 Å². The lowest BCUT2D eigenvalue weighted by molar-refractivity contribution is -0.127. The molecule has 1 N–H and O–H groups in total. The standard InChI is InChI=1S/C15H21NO4/c1-10-9-13(11(2)17)5-6-14(10)20-12(3)15(18)16-7-8-19-4/h5-6,9,12H,7-8H2,1-4H3,(H,16,18). The monoisotopic (exact) mass is 279 g/mol. The third-order valence-corrected chi connectivity index (χ3v) is 2.86. The third kappa shape index (κ3) is 4.66. The van der Waals surface area contributed by atoms with Gasteiger partial charge < -0.3 is 14.8 Å². The molecule has 1 aromatic carbocycles. The molecule has 0 heterocycles. The van der Waals surface area contributed by atoms with Crippen LogP contribution < -0.4 is 10.1 Å². The van der Waals surface area contributed by atoms with Crippen molar-refractivity contribution in [2.75, 3.05) is 20.3 Å². The van der Waals surface area contributed by atoms with Gasteiger partial charge in [0.25, 0.3) is 5.91 Å². The van der Waals surface area contributed by atoms with E-state index in [1.54, 1.807) is 32.2 Å². The number of carbonyl (C=O) groups is 2. The number of ketones is 1. The van der Waals surface area contributed by atoms with Gasteiger partial charge in [0, 0.05) is 19.2 Å². The van der Waals surface area contributed by atoms with Crippen LogP contribution in [0.1, 0.15) is 29.8 Å². The maximum absolute atomic E-state index is 11.8. The summed E-state index contributed by atoms with van der Waals surface area (Å²) in [6.07, 6.45) is -0.603. The number of Topliss-reactive ketones (excluding diaryl/α,β-unsaturated/α-hetero) is 1. The van der Waals surface area contributed by atoms with E-state index in [0.29, 0.717) is 24.5 Å². The van der Waals surface area contributed by atoms with Crippen molar-refractivity contribution in [2.45, 2.75) is 26.9 Å². The molecule has 1 rings (SSSR count). The van der Waals surface area contributed by atoms with E-state index in [0.717, 1.165) is 5.56 Å². The quantitative estimate of drug-likeness (QED) is 0.610. The molecule has 0 aliphatic carbocycles. The average molecular weight is 279 g/mol. The highest BCUT2D eigenvalue weighted by Gasteiger charge is 2.15. The molecule has 0 spiro atoms. The summed E-state index contributed by atoms with van der Waals surface area (Å²) < 4.78 is 10.5. The summed E-state index contributed by atoms with van der Waals surface area (Å²) in [5.41, 5.74) is 1.46. The van der Waals surface area contributed by atoms with Crippen LogP contribution in [0.4, 0.5) is 0 Å². The predicted molar refractivity (Wildman–Crippen MR) is 76.2 cm³/mol. The number of rotatable bonds is 7. The number of amides is 1. The van der Waals surface area contributed by atoms with Crippen LogP contribution in [0.5, 0.6) is 5.75 Å². The van der Waals surface area contributed by atoms with E-state index >= 15 is 0 Å². The lowest BCUT2D eigenvalue weighted by Gasteiger charge is -2.16. The first-order valence-corrected chi connectivity index (χ1v) is 6.50. The molecule has 5 heteroatoms. The number of benzene rings is 1. The van der Waals surface area contributed by atoms with Gasteiger partial charge in [-0.2, -0.15) is 0 Å². The molecule has 1 unspecified atom stereocenters. The highest BCUT2D eigenvalue weighted by Crippen LogP contribution is 2.20. The van der Waals surface area contributed by atoms with Gasteiger partial charge >= 0.3 is 0 Å². The number of carbonyl (C=O) groups excluding carboxylic acids is 2. The van der Waals surface area contributed by atoms with Gasteiger partial charge in [0.15, 0.2) is 11.9 Å². The molecule has 0 saturated carbocycles. The smallest absolute Gasteiger partial charge is 0.260 e. The van der Waals surface area contributed by atoms with E-state index in [9.17, 15) is 9.59 Å². The van der Waals surface area contributed by atoms with E-state index in [-0.39, 0.29) is 11.7 Å². The molecule has 0 bridgehead atoms. The van der Waals surface area contributed by atoms with Crippen molar-refractivity contribution >= 4 is 11.7 Å². The van der Waals surface area contributed by atoms with Crippen molar-refractivity contribution in [2.24, 2.45) is 0 Å². The van der Waals surface area contributed by atoms with Crippen LogP contribution in [0.25, 0.3) is 0 Å². The van der Waals surface area contributed by atoms with Crippen molar-refractivity contribution < 1.29 is 19.1 Å². The molecule has 0 aromatic heterocycles. The molecule has 1 amide bonds. The Kier molecular flexibility index (Phi) is 6.18. The Labute approximate surface area is 119 Å². The second-order valence-corrected chi connectivity index (χ2v) is 4.58. The number of hydrogen-bond acceptors (Lipinski definition) is 4. The van der Waals surface area contributed by atoms with Crippen LogP contribution in [-0.4, -0.2) is 38.1 Å². The molecular formula is C15H21NO4. The summed E-state index contributed by atoms with van der Waals surface area (Å²) in [5.74, 6) is 0.409. The first kappa shape index (κ1) is 16.2. The summed E-state index contributed by atoms with van der Waals surface area (Å²) in [5, 5.41) is 2.71. The second-order valence-electron chi connectivity index (χ2n) is 4.58. The van der Waals surface area contributed by atoms with Gasteiger partial charge in [0.1, 0.15) is 5.75 Å². The third-order valence-electron chi connectivity index (χ3n) is 2.86. The van der Waals surface area contributed by atoms with Crippen molar-refractivity contribution in [3.63, 3.8) is 0 Å². The highest BCUT2D eigenvalue weighted by molar-refractivity contribution is 5.94. The van der Waals surface area contributed by atoms with Gasteiger partial charge in [-0.25, -0.2) is 0 Å². The summed E-state index contributed by atoms with van der Waals surface area (Å²) in [6, 6.07) is 5.17. The molecule has 0 saturated heterocycles. The minimum Gasteiger partial charge on any atom is -0.481 e. The minimum atomic E-state index is -0.603. The van der Waals surface area contributed by atoms with Crippen molar-refractivity contribution in [1.29, 1.82) is 0 Å². The summed E-state index contributed by atoms with van der Waals surface area (Å²) >= 11 is 0. The Morgan fingerprint density at radius 1 is 1.35 bits per heavy atom. The van der Waals surface area contributed by atoms with Crippen LogP contribution in [0.2, 0.25) is 0 Å². The summed E-state index contributed by atoms with van der Waals surface area (Å²) in [4.78, 5) is 23.0. The van der Waals surface area contributed by atoms with E-state index in [4.69, 9.17) is 9.47 Å². The first-order chi connectivity index (χ1) is 9.45. The van der Waals surface area contributed by atoms with Crippen LogP contribution in [-0.2, 0) is 9.53 Å². The number of ether oxygens (including phenoxy) is 2. The van der Waals surface area contributed by atoms with Crippen molar-refractivity contribution in [1.82, 2.24) is 5.32 Å².